The molecule has 0 N–H and O–H groups in total. The molecular formula is C13H20O3. The minimum atomic E-state index is -0.412. The third-order valence-corrected chi connectivity index (χ3v) is 1.76. The second-order valence-corrected chi connectivity index (χ2v) is 3.06. The first kappa shape index (κ1) is 14.6. The molecule has 0 radical (unpaired) electrons. The Labute approximate surface area is 97.4 Å². The van der Waals surface area contributed by atoms with Gasteiger partial charge < -0.3 is 9.47 Å². The van der Waals surface area contributed by atoms with E-state index in [-0.39, 0.29) is 6.61 Å². The highest BCUT2D eigenvalue weighted by atomic mass is 16.6. The molecule has 0 rings (SSSR count). The predicted molar refractivity (Wildman–Crippen MR) is 65.2 cm³/mol. The van der Waals surface area contributed by atoms with E-state index in [0.717, 1.165) is 18.9 Å². The van der Waals surface area contributed by atoms with Gasteiger partial charge in [0.1, 0.15) is 6.61 Å². The van der Waals surface area contributed by atoms with Crippen LogP contribution < -0.4 is 0 Å². The normalized spacial score (nSPS) is 11.1. The van der Waals surface area contributed by atoms with Gasteiger partial charge in [0.05, 0.1) is 13.2 Å². The highest BCUT2D eigenvalue weighted by Gasteiger charge is 1.93. The van der Waals surface area contributed by atoms with Crippen molar-refractivity contribution in [1.82, 2.24) is 0 Å². The van der Waals surface area contributed by atoms with Gasteiger partial charge in [-0.15, -0.1) is 0 Å². The zero-order chi connectivity index (χ0) is 12.1. The van der Waals surface area contributed by atoms with Crippen molar-refractivity contribution in [3.63, 3.8) is 0 Å². The van der Waals surface area contributed by atoms with Crippen molar-refractivity contribution in [3.05, 3.63) is 37.0 Å². The minimum Gasteiger partial charge on any atom is -0.460 e. The Kier molecular flexibility index (Phi) is 10.7. The van der Waals surface area contributed by atoms with Crippen LogP contribution in [0.2, 0.25) is 0 Å². The first-order valence-corrected chi connectivity index (χ1v) is 5.44. The lowest BCUT2D eigenvalue weighted by molar-refractivity contribution is -0.139. The second-order valence-electron chi connectivity index (χ2n) is 3.06. The van der Waals surface area contributed by atoms with Crippen LogP contribution in [0, 0.1) is 0 Å². The highest BCUT2D eigenvalue weighted by molar-refractivity contribution is 5.81. The fraction of sp³-hybridized carbons (Fsp3) is 0.462. The molecule has 0 aromatic heterocycles. The topological polar surface area (TPSA) is 35.5 Å². The van der Waals surface area contributed by atoms with Crippen molar-refractivity contribution in [1.29, 1.82) is 0 Å². The Hall–Kier alpha value is -1.35. The van der Waals surface area contributed by atoms with Crippen LogP contribution in [0.5, 0.6) is 0 Å². The summed E-state index contributed by atoms with van der Waals surface area (Å²) in [7, 11) is 0. The first-order chi connectivity index (χ1) is 7.81. The van der Waals surface area contributed by atoms with Crippen LogP contribution in [0.15, 0.2) is 37.0 Å². The monoisotopic (exact) mass is 224 g/mol. The van der Waals surface area contributed by atoms with E-state index in [9.17, 15) is 4.79 Å². The molecule has 0 aliphatic rings. The number of rotatable bonds is 9. The highest BCUT2D eigenvalue weighted by Crippen LogP contribution is 1.92. The van der Waals surface area contributed by atoms with Crippen LogP contribution in [0.25, 0.3) is 0 Å². The van der Waals surface area contributed by atoms with Gasteiger partial charge in [0.15, 0.2) is 0 Å². The summed E-state index contributed by atoms with van der Waals surface area (Å²) in [4.78, 5) is 10.6. The van der Waals surface area contributed by atoms with Gasteiger partial charge in [-0.05, 0) is 19.8 Å². The molecule has 0 spiro atoms. The predicted octanol–water partition coefficient (Wildman–Crippen LogP) is 2.64. The molecule has 0 saturated heterocycles. The van der Waals surface area contributed by atoms with Gasteiger partial charge in [-0.25, -0.2) is 4.79 Å². The Morgan fingerprint density at radius 2 is 1.94 bits per heavy atom. The molecule has 0 amide bonds. The third-order valence-electron chi connectivity index (χ3n) is 1.76. The Morgan fingerprint density at radius 3 is 2.62 bits per heavy atom. The fourth-order valence-corrected chi connectivity index (χ4v) is 0.956. The number of esters is 1. The molecule has 0 bridgehead atoms. The molecule has 0 fully saturated rings. The van der Waals surface area contributed by atoms with Gasteiger partial charge in [0, 0.05) is 6.08 Å². The zero-order valence-electron chi connectivity index (χ0n) is 9.85. The van der Waals surface area contributed by atoms with Crippen molar-refractivity contribution in [2.24, 2.45) is 0 Å². The molecule has 3 heteroatoms. The quantitative estimate of drug-likeness (QED) is 0.261. The summed E-state index contributed by atoms with van der Waals surface area (Å²) >= 11 is 0. The van der Waals surface area contributed by atoms with Crippen molar-refractivity contribution < 1.29 is 14.3 Å². The average Bonchev–Trinajstić information content (AvgIpc) is 2.31. The number of unbranched alkanes of at least 4 members (excludes halogenated alkanes) is 1. The number of carbonyl (C=O) groups excluding carboxylic acids is 1. The van der Waals surface area contributed by atoms with E-state index in [1.165, 1.54) is 0 Å². The third kappa shape index (κ3) is 10.7. The molecule has 0 saturated carbocycles. The van der Waals surface area contributed by atoms with Crippen LogP contribution in [-0.2, 0) is 14.3 Å². The van der Waals surface area contributed by atoms with Gasteiger partial charge in [0.2, 0.25) is 0 Å². The number of hydrogen-bond donors (Lipinski definition) is 0. The van der Waals surface area contributed by atoms with E-state index in [4.69, 9.17) is 9.47 Å². The van der Waals surface area contributed by atoms with Crippen LogP contribution in [-0.4, -0.2) is 25.8 Å². The average molecular weight is 224 g/mol. The number of carbonyl (C=O) groups is 1. The van der Waals surface area contributed by atoms with Crippen LogP contribution >= 0.6 is 0 Å². The zero-order valence-corrected chi connectivity index (χ0v) is 9.85. The van der Waals surface area contributed by atoms with E-state index in [0.29, 0.717) is 13.2 Å². The maximum absolute atomic E-state index is 10.6. The van der Waals surface area contributed by atoms with Gasteiger partial charge in [-0.1, -0.05) is 30.9 Å². The molecule has 0 aromatic rings. The lowest BCUT2D eigenvalue weighted by Gasteiger charge is -2.01. The van der Waals surface area contributed by atoms with Crippen molar-refractivity contribution in [2.75, 3.05) is 19.8 Å². The van der Waals surface area contributed by atoms with E-state index < -0.39 is 5.97 Å². The van der Waals surface area contributed by atoms with Gasteiger partial charge in [0.25, 0.3) is 0 Å². The van der Waals surface area contributed by atoms with Crippen LogP contribution in [0.3, 0.4) is 0 Å². The second kappa shape index (κ2) is 11.7. The van der Waals surface area contributed by atoms with Crippen molar-refractivity contribution in [2.45, 2.75) is 19.8 Å². The molecule has 0 aliphatic carbocycles. The molecule has 90 valence electrons. The largest absolute Gasteiger partial charge is 0.460 e. The lowest BCUT2D eigenvalue weighted by Crippen LogP contribution is -2.08. The standard InChI is InChI=1S/C13H20O3/c1-3-5-6-7-8-9-10-15-11-12-16-13(14)4-2/h3-5,8-9H,2,6-7,10-12H2,1H3. The summed E-state index contributed by atoms with van der Waals surface area (Å²) in [5, 5.41) is 0. The summed E-state index contributed by atoms with van der Waals surface area (Å²) in [6, 6.07) is 0. The minimum absolute atomic E-state index is 0.275. The maximum atomic E-state index is 10.6. The van der Waals surface area contributed by atoms with Gasteiger partial charge >= 0.3 is 5.97 Å². The number of hydrogen-bond acceptors (Lipinski definition) is 3. The lowest BCUT2D eigenvalue weighted by atomic mass is 10.3. The summed E-state index contributed by atoms with van der Waals surface area (Å²) in [6.07, 6.45) is 11.4. The Bertz CT molecular complexity index is 242. The molecule has 0 unspecified atom stereocenters. The fourth-order valence-electron chi connectivity index (χ4n) is 0.956. The molecule has 0 aromatic carbocycles. The smallest absolute Gasteiger partial charge is 0.330 e. The molecule has 0 heterocycles. The summed E-state index contributed by atoms with van der Waals surface area (Å²) < 4.78 is 9.95. The van der Waals surface area contributed by atoms with Crippen LogP contribution in [0.4, 0.5) is 0 Å². The SMILES string of the molecule is C=CC(=O)OCCOCC=CCCC=CC. The molecule has 0 aliphatic heterocycles. The number of ether oxygens (including phenoxy) is 2. The summed E-state index contributed by atoms with van der Waals surface area (Å²) in [5.74, 6) is -0.412. The molecule has 0 atom stereocenters. The van der Waals surface area contributed by atoms with E-state index in [2.05, 4.69) is 18.7 Å². The first-order valence-electron chi connectivity index (χ1n) is 5.44. The van der Waals surface area contributed by atoms with E-state index in [1.54, 1.807) is 0 Å². The molecule has 16 heavy (non-hydrogen) atoms. The molecular weight excluding hydrogens is 204 g/mol. The number of allylic oxidation sites excluding steroid dienone is 3. The van der Waals surface area contributed by atoms with Crippen LogP contribution in [0.1, 0.15) is 19.8 Å². The van der Waals surface area contributed by atoms with Gasteiger partial charge in [-0.2, -0.15) is 0 Å². The summed E-state index contributed by atoms with van der Waals surface area (Å²) in [5.41, 5.74) is 0. The van der Waals surface area contributed by atoms with E-state index >= 15 is 0 Å². The van der Waals surface area contributed by atoms with Crippen molar-refractivity contribution in [3.8, 4) is 0 Å². The summed E-state index contributed by atoms with van der Waals surface area (Å²) in [6.45, 7) is 6.55. The maximum Gasteiger partial charge on any atom is 0.330 e. The van der Waals surface area contributed by atoms with Crippen molar-refractivity contribution >= 4 is 5.97 Å². The molecule has 3 nitrogen and oxygen atoms in total. The van der Waals surface area contributed by atoms with Gasteiger partial charge in [-0.3, -0.25) is 0 Å². The van der Waals surface area contributed by atoms with E-state index in [1.807, 2.05) is 19.1 Å². The Balaban J connectivity index is 3.20. The Morgan fingerprint density at radius 1 is 1.19 bits per heavy atom.